The van der Waals surface area contributed by atoms with Crippen molar-refractivity contribution in [1.82, 2.24) is 9.97 Å². The number of morpholine rings is 1. The van der Waals surface area contributed by atoms with Crippen molar-refractivity contribution in [2.24, 2.45) is 0 Å². The van der Waals surface area contributed by atoms with Gasteiger partial charge >= 0.3 is 0 Å². The molecular formula is C24H26F2N4O5. The summed E-state index contributed by atoms with van der Waals surface area (Å²) in [4.78, 5) is 10.6. The molecule has 0 atom stereocenters. The van der Waals surface area contributed by atoms with Crippen LogP contribution in [0.1, 0.15) is 5.56 Å². The van der Waals surface area contributed by atoms with E-state index in [2.05, 4.69) is 20.2 Å². The lowest BCUT2D eigenvalue weighted by Crippen LogP contribution is -2.36. The number of rotatable bonds is 9. The molecule has 1 fully saturated rings. The highest BCUT2D eigenvalue weighted by Crippen LogP contribution is 2.33. The van der Waals surface area contributed by atoms with Crippen LogP contribution in [-0.4, -0.2) is 57.6 Å². The first-order valence-corrected chi connectivity index (χ1v) is 10.9. The van der Waals surface area contributed by atoms with Crippen LogP contribution in [0.25, 0.3) is 0 Å². The molecule has 186 valence electrons. The van der Waals surface area contributed by atoms with Crippen LogP contribution in [-0.2, 0) is 11.3 Å². The maximum atomic E-state index is 14.5. The molecule has 0 bridgehead atoms. The third-order valence-corrected chi connectivity index (χ3v) is 5.46. The van der Waals surface area contributed by atoms with E-state index >= 15 is 0 Å². The van der Waals surface area contributed by atoms with Gasteiger partial charge in [0.25, 0.3) is 0 Å². The second-order valence-corrected chi connectivity index (χ2v) is 7.53. The van der Waals surface area contributed by atoms with Gasteiger partial charge in [0.1, 0.15) is 12.4 Å². The fourth-order valence-corrected chi connectivity index (χ4v) is 3.62. The average molecular weight is 488 g/mol. The molecule has 0 unspecified atom stereocenters. The predicted molar refractivity (Wildman–Crippen MR) is 125 cm³/mol. The minimum Gasteiger partial charge on any atom is -0.495 e. The number of anilines is 3. The van der Waals surface area contributed by atoms with Gasteiger partial charge in [-0.15, -0.1) is 0 Å². The zero-order valence-corrected chi connectivity index (χ0v) is 19.6. The molecule has 1 aliphatic rings. The summed E-state index contributed by atoms with van der Waals surface area (Å²) >= 11 is 0. The smallest absolute Gasteiger partial charge is 0.227 e. The number of hydrogen-bond acceptors (Lipinski definition) is 9. The minimum atomic E-state index is -0.862. The summed E-state index contributed by atoms with van der Waals surface area (Å²) in [7, 11) is 4.19. The summed E-state index contributed by atoms with van der Waals surface area (Å²) in [6, 6.07) is 6.87. The van der Waals surface area contributed by atoms with Crippen molar-refractivity contribution in [3.05, 3.63) is 53.9 Å². The number of ether oxygens (including phenoxy) is 5. The fourth-order valence-electron chi connectivity index (χ4n) is 3.62. The van der Waals surface area contributed by atoms with Crippen LogP contribution in [0.4, 0.5) is 26.1 Å². The Labute approximate surface area is 201 Å². The Bertz CT molecular complexity index is 1130. The molecule has 0 aliphatic carbocycles. The molecule has 9 nitrogen and oxygen atoms in total. The number of benzene rings is 2. The summed E-state index contributed by atoms with van der Waals surface area (Å²) in [5, 5.41) is 3.10. The number of hydrogen-bond donors (Lipinski definition) is 1. The van der Waals surface area contributed by atoms with Crippen molar-refractivity contribution in [3.8, 4) is 23.0 Å². The van der Waals surface area contributed by atoms with Crippen LogP contribution >= 0.6 is 0 Å². The van der Waals surface area contributed by atoms with E-state index in [0.717, 1.165) is 36.3 Å². The molecular weight excluding hydrogens is 462 g/mol. The monoisotopic (exact) mass is 488 g/mol. The van der Waals surface area contributed by atoms with Gasteiger partial charge in [-0.05, 0) is 12.1 Å². The van der Waals surface area contributed by atoms with Gasteiger partial charge in [0, 0.05) is 30.9 Å². The first-order valence-electron chi connectivity index (χ1n) is 10.9. The topological polar surface area (TPSA) is 87.2 Å². The highest BCUT2D eigenvalue weighted by molar-refractivity contribution is 5.67. The summed E-state index contributed by atoms with van der Waals surface area (Å²) in [5.74, 6) is -0.746. The molecule has 1 saturated heterocycles. The molecule has 2 heterocycles. The lowest BCUT2D eigenvalue weighted by Gasteiger charge is -2.30. The number of nitrogens with one attached hydrogen (secondary N) is 1. The molecule has 2 aromatic carbocycles. The van der Waals surface area contributed by atoms with E-state index < -0.39 is 18.2 Å². The standard InChI is InChI=1S/C24H26F2N4O5/c1-31-19-10-15(4-5-18(19)30-6-8-34-9-7-30)29-24-27-12-16(13-28-24)35-14-17-22(25)20(32-2)11-21(33-3)23(17)26/h4-5,10-13H,6-9,14H2,1-3H3,(H,27,28,29). The van der Waals surface area contributed by atoms with E-state index in [9.17, 15) is 8.78 Å². The molecule has 1 aliphatic heterocycles. The van der Waals surface area contributed by atoms with Crippen LogP contribution in [0.15, 0.2) is 36.7 Å². The number of nitrogens with zero attached hydrogens (tertiary/aromatic N) is 3. The van der Waals surface area contributed by atoms with Crippen LogP contribution in [0, 0.1) is 11.6 Å². The Kier molecular flexibility index (Phi) is 7.66. The van der Waals surface area contributed by atoms with Crippen LogP contribution in [0.3, 0.4) is 0 Å². The molecule has 0 amide bonds. The third kappa shape index (κ3) is 5.46. The van der Waals surface area contributed by atoms with Crippen molar-refractivity contribution in [3.63, 3.8) is 0 Å². The zero-order chi connectivity index (χ0) is 24.8. The number of aromatic nitrogens is 2. The SMILES string of the molecule is COc1cc(Nc2ncc(OCc3c(F)c(OC)cc(OC)c3F)cn2)ccc1N1CCOCC1. The molecule has 3 aromatic rings. The van der Waals surface area contributed by atoms with E-state index in [1.165, 1.54) is 26.6 Å². The predicted octanol–water partition coefficient (Wildman–Crippen LogP) is 3.94. The van der Waals surface area contributed by atoms with Crippen LogP contribution in [0.5, 0.6) is 23.0 Å². The highest BCUT2D eigenvalue weighted by Gasteiger charge is 2.21. The van der Waals surface area contributed by atoms with Crippen molar-refractivity contribution >= 4 is 17.3 Å². The van der Waals surface area contributed by atoms with E-state index in [4.69, 9.17) is 23.7 Å². The number of halogens is 2. The number of methoxy groups -OCH3 is 3. The molecule has 35 heavy (non-hydrogen) atoms. The zero-order valence-electron chi connectivity index (χ0n) is 19.6. The molecule has 0 saturated carbocycles. The summed E-state index contributed by atoms with van der Waals surface area (Å²) in [5.41, 5.74) is 1.40. The Hall–Kier alpha value is -3.86. The van der Waals surface area contributed by atoms with Gasteiger partial charge in [-0.25, -0.2) is 18.7 Å². The van der Waals surface area contributed by atoms with Crippen molar-refractivity contribution < 1.29 is 32.5 Å². The van der Waals surface area contributed by atoms with Crippen molar-refractivity contribution in [2.45, 2.75) is 6.61 Å². The average Bonchev–Trinajstić information content (AvgIpc) is 2.90. The molecule has 0 radical (unpaired) electrons. The third-order valence-electron chi connectivity index (χ3n) is 5.46. The minimum absolute atomic E-state index is 0.146. The molecule has 0 spiro atoms. The Morgan fingerprint density at radius 2 is 1.54 bits per heavy atom. The van der Waals surface area contributed by atoms with Gasteiger partial charge < -0.3 is 33.9 Å². The first-order chi connectivity index (χ1) is 17.0. The molecule has 1 aromatic heterocycles. The van der Waals surface area contributed by atoms with E-state index in [1.54, 1.807) is 7.11 Å². The van der Waals surface area contributed by atoms with Crippen LogP contribution in [0.2, 0.25) is 0 Å². The summed E-state index contributed by atoms with van der Waals surface area (Å²) < 4.78 is 55.4. The second kappa shape index (κ2) is 11.0. The fraction of sp³-hybridized carbons (Fsp3) is 0.333. The largest absolute Gasteiger partial charge is 0.495 e. The highest BCUT2D eigenvalue weighted by atomic mass is 19.1. The van der Waals surface area contributed by atoms with Crippen LogP contribution < -0.4 is 29.2 Å². The van der Waals surface area contributed by atoms with E-state index in [-0.39, 0.29) is 22.8 Å². The Balaban J connectivity index is 1.43. The van der Waals surface area contributed by atoms with Gasteiger partial charge in [-0.3, -0.25) is 0 Å². The molecule has 11 heteroatoms. The molecule has 1 N–H and O–H groups in total. The quantitative estimate of drug-likeness (QED) is 0.481. The maximum Gasteiger partial charge on any atom is 0.227 e. The molecule has 4 rings (SSSR count). The summed E-state index contributed by atoms with van der Waals surface area (Å²) in [6.45, 7) is 2.54. The lowest BCUT2D eigenvalue weighted by molar-refractivity contribution is 0.122. The first kappa shape index (κ1) is 24.3. The van der Waals surface area contributed by atoms with Gasteiger partial charge in [0.15, 0.2) is 28.9 Å². The van der Waals surface area contributed by atoms with Gasteiger partial charge in [-0.2, -0.15) is 0 Å². The van der Waals surface area contributed by atoms with Gasteiger partial charge in [0.05, 0.1) is 58.2 Å². The Morgan fingerprint density at radius 1 is 0.914 bits per heavy atom. The Morgan fingerprint density at radius 3 is 2.14 bits per heavy atom. The maximum absolute atomic E-state index is 14.5. The van der Waals surface area contributed by atoms with Gasteiger partial charge in [0.2, 0.25) is 5.95 Å². The second-order valence-electron chi connectivity index (χ2n) is 7.53. The van der Waals surface area contributed by atoms with Crippen molar-refractivity contribution in [1.29, 1.82) is 0 Å². The van der Waals surface area contributed by atoms with Gasteiger partial charge in [-0.1, -0.05) is 0 Å². The van der Waals surface area contributed by atoms with Crippen molar-refractivity contribution in [2.75, 3.05) is 57.8 Å². The van der Waals surface area contributed by atoms with E-state index in [0.29, 0.717) is 19.2 Å². The summed E-state index contributed by atoms with van der Waals surface area (Å²) in [6.07, 6.45) is 2.81. The lowest BCUT2D eigenvalue weighted by atomic mass is 10.1. The normalized spacial score (nSPS) is 13.3. The van der Waals surface area contributed by atoms with E-state index in [1.807, 2.05) is 18.2 Å².